The van der Waals surface area contributed by atoms with Crippen molar-refractivity contribution in [3.8, 4) is 0 Å². The number of aromatic nitrogens is 4. The molecule has 0 radical (unpaired) electrons. The van der Waals surface area contributed by atoms with Crippen LogP contribution in [0.1, 0.15) is 67.4 Å². The molecule has 2 aromatic rings. The van der Waals surface area contributed by atoms with Crippen LogP contribution in [0.4, 0.5) is 0 Å². The van der Waals surface area contributed by atoms with Crippen LogP contribution in [-0.4, -0.2) is 56.3 Å². The lowest BCUT2D eigenvalue weighted by Gasteiger charge is -2.17. The highest BCUT2D eigenvalue weighted by atomic mass is 16.2. The molecule has 1 saturated carbocycles. The molecule has 1 aliphatic carbocycles. The first kappa shape index (κ1) is 20.4. The maximum atomic E-state index is 12.5. The second kappa shape index (κ2) is 8.87. The van der Waals surface area contributed by atoms with Gasteiger partial charge in [0.1, 0.15) is 5.71 Å². The molecule has 3 heterocycles. The number of amides is 1. The van der Waals surface area contributed by atoms with Crippen molar-refractivity contribution in [3.63, 3.8) is 0 Å². The van der Waals surface area contributed by atoms with E-state index in [1.165, 1.54) is 35.9 Å². The molecule has 0 saturated heterocycles. The second-order valence-electron chi connectivity index (χ2n) is 7.89. The standard InChI is InChI=1S/C22H29N7O/c1-4-29(5-2)12-6-7-16-14(3)25-18(19(16)15-8-9-15)13-17-20(26-28-22(17)30)21-23-10-11-24-27-21/h10-11,13,15,25H,4-9,12H2,1-3H3,(H,28,30)/b17-13+. The molecule has 0 spiro atoms. The molecule has 0 bridgehead atoms. The average molecular weight is 408 g/mol. The average Bonchev–Trinajstić information content (AvgIpc) is 3.47. The fourth-order valence-electron chi connectivity index (χ4n) is 4.14. The number of nitrogens with zero attached hydrogens (tertiary/aromatic N) is 5. The third kappa shape index (κ3) is 4.18. The van der Waals surface area contributed by atoms with Gasteiger partial charge in [0.25, 0.3) is 5.91 Å². The summed E-state index contributed by atoms with van der Waals surface area (Å²) in [5.74, 6) is 0.678. The molecule has 4 rings (SSSR count). The molecule has 30 heavy (non-hydrogen) atoms. The van der Waals surface area contributed by atoms with E-state index in [9.17, 15) is 4.79 Å². The Bertz CT molecular complexity index is 969. The number of hydrazone groups is 1. The number of aryl methyl sites for hydroxylation is 1. The van der Waals surface area contributed by atoms with E-state index in [-0.39, 0.29) is 5.91 Å². The molecule has 8 heteroatoms. The van der Waals surface area contributed by atoms with Crippen LogP contribution in [-0.2, 0) is 11.2 Å². The summed E-state index contributed by atoms with van der Waals surface area (Å²) in [5, 5.41) is 12.0. The monoisotopic (exact) mass is 407 g/mol. The van der Waals surface area contributed by atoms with Gasteiger partial charge in [-0.3, -0.25) is 4.79 Å². The van der Waals surface area contributed by atoms with Gasteiger partial charge in [-0.05, 0) is 75.4 Å². The quantitative estimate of drug-likeness (QED) is 0.623. The van der Waals surface area contributed by atoms with Crippen molar-refractivity contribution in [2.45, 2.75) is 52.4 Å². The number of nitrogens with one attached hydrogen (secondary N) is 2. The van der Waals surface area contributed by atoms with Crippen LogP contribution in [0.3, 0.4) is 0 Å². The smallest absolute Gasteiger partial charge is 0.273 e. The van der Waals surface area contributed by atoms with E-state index in [4.69, 9.17) is 0 Å². The first-order chi connectivity index (χ1) is 14.6. The predicted molar refractivity (Wildman–Crippen MR) is 116 cm³/mol. The van der Waals surface area contributed by atoms with Crippen LogP contribution in [0.15, 0.2) is 23.1 Å². The Kier molecular flexibility index (Phi) is 6.03. The molecule has 2 aliphatic rings. The molecule has 1 aliphatic heterocycles. The molecule has 158 valence electrons. The zero-order valence-corrected chi connectivity index (χ0v) is 17.9. The minimum absolute atomic E-state index is 0.241. The summed E-state index contributed by atoms with van der Waals surface area (Å²) in [6, 6.07) is 0. The van der Waals surface area contributed by atoms with Gasteiger partial charge in [0.05, 0.1) is 11.8 Å². The van der Waals surface area contributed by atoms with Gasteiger partial charge in [-0.1, -0.05) is 13.8 Å². The molecular weight excluding hydrogens is 378 g/mol. The zero-order chi connectivity index (χ0) is 21.1. The van der Waals surface area contributed by atoms with Gasteiger partial charge in [-0.25, -0.2) is 10.4 Å². The Hall–Kier alpha value is -2.87. The molecule has 1 amide bonds. The molecule has 0 aromatic carbocycles. The summed E-state index contributed by atoms with van der Waals surface area (Å²) < 4.78 is 0. The van der Waals surface area contributed by atoms with Crippen LogP contribution in [0.25, 0.3) is 6.08 Å². The van der Waals surface area contributed by atoms with Crippen molar-refractivity contribution in [1.29, 1.82) is 0 Å². The maximum Gasteiger partial charge on any atom is 0.273 e. The summed E-state index contributed by atoms with van der Waals surface area (Å²) >= 11 is 0. The van der Waals surface area contributed by atoms with Crippen molar-refractivity contribution in [3.05, 3.63) is 46.3 Å². The van der Waals surface area contributed by atoms with E-state index in [0.29, 0.717) is 23.0 Å². The number of hydrogen-bond donors (Lipinski definition) is 2. The molecule has 1 fully saturated rings. The molecule has 2 aromatic heterocycles. The fourth-order valence-corrected chi connectivity index (χ4v) is 4.14. The van der Waals surface area contributed by atoms with Crippen molar-refractivity contribution in [1.82, 2.24) is 30.5 Å². The molecule has 0 atom stereocenters. The van der Waals surface area contributed by atoms with Crippen molar-refractivity contribution >= 4 is 17.7 Å². The van der Waals surface area contributed by atoms with E-state index in [1.807, 2.05) is 6.08 Å². The van der Waals surface area contributed by atoms with Crippen LogP contribution >= 0.6 is 0 Å². The molecular formula is C22H29N7O. The molecule has 2 N–H and O–H groups in total. The number of carbonyl (C=O) groups excluding carboxylic acids is 1. The first-order valence-electron chi connectivity index (χ1n) is 10.8. The third-order valence-corrected chi connectivity index (χ3v) is 5.92. The van der Waals surface area contributed by atoms with Gasteiger partial charge in [-0.2, -0.15) is 10.2 Å². The van der Waals surface area contributed by atoms with Gasteiger partial charge in [-0.15, -0.1) is 5.10 Å². The minimum atomic E-state index is -0.241. The highest BCUT2D eigenvalue weighted by Gasteiger charge is 2.32. The summed E-state index contributed by atoms with van der Waals surface area (Å²) in [5.41, 5.74) is 8.42. The van der Waals surface area contributed by atoms with Gasteiger partial charge < -0.3 is 9.88 Å². The fraction of sp³-hybridized carbons (Fsp3) is 0.500. The Morgan fingerprint density at radius 1 is 1.23 bits per heavy atom. The number of carbonyl (C=O) groups is 1. The number of rotatable bonds is 9. The maximum absolute atomic E-state index is 12.5. The van der Waals surface area contributed by atoms with Crippen LogP contribution in [0.5, 0.6) is 0 Å². The van der Waals surface area contributed by atoms with E-state index < -0.39 is 0 Å². The van der Waals surface area contributed by atoms with Crippen molar-refractivity contribution in [2.24, 2.45) is 5.10 Å². The van der Waals surface area contributed by atoms with Crippen molar-refractivity contribution < 1.29 is 4.79 Å². The van der Waals surface area contributed by atoms with Gasteiger partial charge in [0, 0.05) is 17.6 Å². The lowest BCUT2D eigenvalue weighted by molar-refractivity contribution is -0.116. The second-order valence-corrected chi connectivity index (χ2v) is 7.89. The van der Waals surface area contributed by atoms with Gasteiger partial charge in [0.2, 0.25) is 5.82 Å². The van der Waals surface area contributed by atoms with E-state index in [0.717, 1.165) is 38.2 Å². The third-order valence-electron chi connectivity index (χ3n) is 5.92. The minimum Gasteiger partial charge on any atom is -0.359 e. The summed E-state index contributed by atoms with van der Waals surface area (Å²) in [6.07, 6.45) is 9.55. The summed E-state index contributed by atoms with van der Waals surface area (Å²) in [7, 11) is 0. The largest absolute Gasteiger partial charge is 0.359 e. The normalized spacial score (nSPS) is 17.7. The topological polar surface area (TPSA) is 99.2 Å². The Labute approximate surface area is 176 Å². The zero-order valence-electron chi connectivity index (χ0n) is 17.9. The van der Waals surface area contributed by atoms with E-state index in [2.05, 4.69) is 56.4 Å². The van der Waals surface area contributed by atoms with Crippen LogP contribution in [0, 0.1) is 6.92 Å². The lowest BCUT2D eigenvalue weighted by atomic mass is 9.98. The summed E-state index contributed by atoms with van der Waals surface area (Å²) in [6.45, 7) is 9.84. The number of aromatic amines is 1. The van der Waals surface area contributed by atoms with Crippen molar-refractivity contribution in [2.75, 3.05) is 19.6 Å². The van der Waals surface area contributed by atoms with E-state index >= 15 is 0 Å². The predicted octanol–water partition coefficient (Wildman–Crippen LogP) is 2.58. The number of H-pyrrole nitrogens is 1. The highest BCUT2D eigenvalue weighted by Crippen LogP contribution is 2.45. The highest BCUT2D eigenvalue weighted by molar-refractivity contribution is 6.32. The number of hydrogen-bond acceptors (Lipinski definition) is 6. The summed E-state index contributed by atoms with van der Waals surface area (Å²) in [4.78, 5) is 22.7. The first-order valence-corrected chi connectivity index (χ1v) is 10.8. The van der Waals surface area contributed by atoms with E-state index in [1.54, 1.807) is 6.20 Å². The van der Waals surface area contributed by atoms with Crippen LogP contribution < -0.4 is 5.43 Å². The Balaban J connectivity index is 1.63. The Morgan fingerprint density at radius 2 is 2.03 bits per heavy atom. The molecule has 8 nitrogen and oxygen atoms in total. The Morgan fingerprint density at radius 3 is 2.70 bits per heavy atom. The lowest BCUT2D eigenvalue weighted by Crippen LogP contribution is -2.24. The van der Waals surface area contributed by atoms with Gasteiger partial charge >= 0.3 is 0 Å². The van der Waals surface area contributed by atoms with Crippen LogP contribution in [0.2, 0.25) is 0 Å². The SMILES string of the molecule is CCN(CC)CCCc1c(C)[nH]c(/C=C2/C(=O)NN=C2c2nccnn2)c1C1CC1. The molecule has 0 unspecified atom stereocenters. The van der Waals surface area contributed by atoms with Gasteiger partial charge in [0.15, 0.2) is 0 Å².